The monoisotopic (exact) mass is 416 g/mol. The van der Waals surface area contributed by atoms with E-state index in [9.17, 15) is 9.59 Å². The summed E-state index contributed by atoms with van der Waals surface area (Å²) in [5.74, 6) is 0.959. The SMILES string of the molecule is O=C(/C=C/c1ccncc1)N1CC[C@@H]2CN(C(=O)c3ccc4n[nH]nc4c3)C[C@@H]2CC1. The molecule has 2 amide bonds. The third kappa shape index (κ3) is 4.05. The van der Waals surface area contributed by atoms with Crippen molar-refractivity contribution in [3.05, 3.63) is 59.9 Å². The van der Waals surface area contributed by atoms with Gasteiger partial charge in [-0.25, -0.2) is 0 Å². The molecule has 1 N–H and O–H groups in total. The molecule has 2 aliphatic heterocycles. The number of carbonyl (C=O) groups excluding carboxylic acids is 2. The van der Waals surface area contributed by atoms with Gasteiger partial charge in [0.1, 0.15) is 11.0 Å². The summed E-state index contributed by atoms with van der Waals surface area (Å²) in [4.78, 5) is 33.5. The van der Waals surface area contributed by atoms with Crippen LogP contribution < -0.4 is 0 Å². The molecule has 2 saturated heterocycles. The van der Waals surface area contributed by atoms with Crippen LogP contribution in [0.15, 0.2) is 48.8 Å². The summed E-state index contributed by atoms with van der Waals surface area (Å²) in [5.41, 5.74) is 3.07. The maximum Gasteiger partial charge on any atom is 0.253 e. The van der Waals surface area contributed by atoms with Gasteiger partial charge in [0.2, 0.25) is 5.91 Å². The van der Waals surface area contributed by atoms with Crippen LogP contribution in [-0.2, 0) is 4.79 Å². The number of H-pyrrole nitrogens is 1. The number of amides is 2. The standard InChI is InChI=1S/C23H24N6O2/c30-22(4-1-16-5-9-24-10-6-16)28-11-7-18-14-29(15-19(18)8-12-28)23(31)17-2-3-20-21(13-17)26-27-25-20/h1-6,9-10,13,18-19H,7-8,11-12,14-15H2,(H,25,26,27)/b4-1+/t18-,19+. The van der Waals surface area contributed by atoms with Crippen LogP contribution >= 0.6 is 0 Å². The van der Waals surface area contributed by atoms with Crippen molar-refractivity contribution in [1.82, 2.24) is 30.2 Å². The second-order valence-corrected chi connectivity index (χ2v) is 8.27. The lowest BCUT2D eigenvalue weighted by Gasteiger charge is -2.21. The summed E-state index contributed by atoms with van der Waals surface area (Å²) in [6.45, 7) is 2.95. The van der Waals surface area contributed by atoms with Gasteiger partial charge in [-0.15, -0.1) is 0 Å². The van der Waals surface area contributed by atoms with E-state index in [0.29, 0.717) is 22.9 Å². The quantitative estimate of drug-likeness (QED) is 0.662. The molecule has 8 nitrogen and oxygen atoms in total. The molecule has 2 aromatic heterocycles. The van der Waals surface area contributed by atoms with Crippen LogP contribution in [0.3, 0.4) is 0 Å². The maximum atomic E-state index is 13.0. The van der Waals surface area contributed by atoms with Crippen LogP contribution in [0.4, 0.5) is 0 Å². The molecule has 2 fully saturated rings. The van der Waals surface area contributed by atoms with E-state index in [4.69, 9.17) is 0 Å². The van der Waals surface area contributed by atoms with Gasteiger partial charge in [-0.2, -0.15) is 15.4 Å². The maximum absolute atomic E-state index is 13.0. The van der Waals surface area contributed by atoms with Gasteiger partial charge in [0, 0.05) is 50.2 Å². The first kappa shape index (κ1) is 19.4. The van der Waals surface area contributed by atoms with E-state index in [2.05, 4.69) is 20.4 Å². The molecule has 0 saturated carbocycles. The Kier molecular flexibility index (Phi) is 5.19. The van der Waals surface area contributed by atoms with Crippen molar-refractivity contribution >= 4 is 28.9 Å². The van der Waals surface area contributed by atoms with E-state index >= 15 is 0 Å². The molecular weight excluding hydrogens is 392 g/mol. The number of hydrogen-bond donors (Lipinski definition) is 1. The average Bonchev–Trinajstić information content (AvgIpc) is 3.39. The summed E-state index contributed by atoms with van der Waals surface area (Å²) in [5, 5.41) is 10.7. The van der Waals surface area contributed by atoms with Crippen molar-refractivity contribution < 1.29 is 9.59 Å². The molecule has 0 aliphatic carbocycles. The van der Waals surface area contributed by atoms with Gasteiger partial charge < -0.3 is 9.80 Å². The molecule has 3 aromatic rings. The number of rotatable bonds is 3. The third-order valence-corrected chi connectivity index (χ3v) is 6.40. The number of aromatic nitrogens is 4. The van der Waals surface area contributed by atoms with Gasteiger partial charge in [-0.3, -0.25) is 14.6 Å². The van der Waals surface area contributed by atoms with Crippen molar-refractivity contribution in [2.75, 3.05) is 26.2 Å². The highest BCUT2D eigenvalue weighted by molar-refractivity contribution is 5.97. The van der Waals surface area contributed by atoms with Gasteiger partial charge in [0.05, 0.1) is 0 Å². The van der Waals surface area contributed by atoms with E-state index in [1.54, 1.807) is 24.5 Å². The second kappa shape index (κ2) is 8.29. The molecule has 0 spiro atoms. The highest BCUT2D eigenvalue weighted by Crippen LogP contribution is 2.33. The minimum Gasteiger partial charge on any atom is -0.339 e. The highest BCUT2D eigenvalue weighted by atomic mass is 16.2. The zero-order valence-corrected chi connectivity index (χ0v) is 17.1. The summed E-state index contributed by atoms with van der Waals surface area (Å²) >= 11 is 0. The lowest BCUT2D eigenvalue weighted by molar-refractivity contribution is -0.126. The zero-order chi connectivity index (χ0) is 21.2. The largest absolute Gasteiger partial charge is 0.339 e. The molecule has 1 aromatic carbocycles. The van der Waals surface area contributed by atoms with Gasteiger partial charge in [0.25, 0.3) is 5.91 Å². The number of aromatic amines is 1. The van der Waals surface area contributed by atoms with Gasteiger partial charge in [-0.1, -0.05) is 0 Å². The highest BCUT2D eigenvalue weighted by Gasteiger charge is 2.37. The van der Waals surface area contributed by atoms with Gasteiger partial charge in [-0.05, 0) is 66.6 Å². The van der Waals surface area contributed by atoms with E-state index in [0.717, 1.165) is 50.1 Å². The lowest BCUT2D eigenvalue weighted by Crippen LogP contribution is -2.33. The number of pyridine rings is 1. The van der Waals surface area contributed by atoms with Gasteiger partial charge in [0.15, 0.2) is 0 Å². The lowest BCUT2D eigenvalue weighted by atomic mass is 9.92. The Hall–Kier alpha value is -3.55. The molecule has 4 heterocycles. The second-order valence-electron chi connectivity index (χ2n) is 8.27. The van der Waals surface area contributed by atoms with Crippen molar-refractivity contribution in [3.63, 3.8) is 0 Å². The smallest absolute Gasteiger partial charge is 0.253 e. The van der Waals surface area contributed by atoms with Crippen LogP contribution in [0.2, 0.25) is 0 Å². The number of likely N-dealkylation sites (tertiary alicyclic amines) is 2. The predicted octanol–water partition coefficient (Wildman–Crippen LogP) is 2.38. The molecule has 2 atom stereocenters. The Balaban J connectivity index is 1.19. The van der Waals surface area contributed by atoms with E-state index in [1.807, 2.05) is 40.1 Å². The topological polar surface area (TPSA) is 95.1 Å². The first-order valence-corrected chi connectivity index (χ1v) is 10.6. The van der Waals surface area contributed by atoms with Gasteiger partial charge >= 0.3 is 0 Å². The van der Waals surface area contributed by atoms with Crippen molar-refractivity contribution in [2.24, 2.45) is 11.8 Å². The Morgan fingerprint density at radius 2 is 1.65 bits per heavy atom. The number of carbonyl (C=O) groups is 2. The molecule has 8 heteroatoms. The molecule has 31 heavy (non-hydrogen) atoms. The number of nitrogens with one attached hydrogen (secondary N) is 1. The van der Waals surface area contributed by atoms with Crippen LogP contribution in [0.25, 0.3) is 17.1 Å². The van der Waals surface area contributed by atoms with Crippen molar-refractivity contribution in [2.45, 2.75) is 12.8 Å². The minimum atomic E-state index is 0.0469. The van der Waals surface area contributed by atoms with Crippen molar-refractivity contribution in [1.29, 1.82) is 0 Å². The van der Waals surface area contributed by atoms with Crippen molar-refractivity contribution in [3.8, 4) is 0 Å². The molecule has 0 unspecified atom stereocenters. The molecule has 0 radical (unpaired) electrons. The van der Waals surface area contributed by atoms with Crippen LogP contribution in [0.1, 0.15) is 28.8 Å². The number of hydrogen-bond acceptors (Lipinski definition) is 5. The Bertz CT molecular complexity index is 1110. The van der Waals surface area contributed by atoms with E-state index < -0.39 is 0 Å². The summed E-state index contributed by atoms with van der Waals surface area (Å²) in [7, 11) is 0. The third-order valence-electron chi connectivity index (χ3n) is 6.40. The van der Waals surface area contributed by atoms with Crippen LogP contribution in [0.5, 0.6) is 0 Å². The first-order chi connectivity index (χ1) is 15.2. The Labute approximate surface area is 179 Å². The molecule has 0 bridgehead atoms. The fraction of sp³-hybridized carbons (Fsp3) is 0.348. The predicted molar refractivity (Wildman–Crippen MR) is 116 cm³/mol. The zero-order valence-electron chi connectivity index (χ0n) is 17.1. The number of benzene rings is 1. The number of fused-ring (bicyclic) bond motifs is 2. The fourth-order valence-electron chi connectivity index (χ4n) is 4.64. The molecule has 158 valence electrons. The first-order valence-electron chi connectivity index (χ1n) is 10.6. The summed E-state index contributed by atoms with van der Waals surface area (Å²) in [6.07, 6.45) is 8.76. The summed E-state index contributed by atoms with van der Waals surface area (Å²) < 4.78 is 0. The number of nitrogens with zero attached hydrogens (tertiary/aromatic N) is 5. The van der Waals surface area contributed by atoms with Crippen LogP contribution in [-0.4, -0.2) is 68.2 Å². The molecule has 5 rings (SSSR count). The van der Waals surface area contributed by atoms with E-state index in [1.165, 1.54) is 0 Å². The normalized spacial score (nSPS) is 21.4. The fourth-order valence-corrected chi connectivity index (χ4v) is 4.64. The van der Waals surface area contributed by atoms with Crippen LogP contribution in [0, 0.1) is 11.8 Å². The minimum absolute atomic E-state index is 0.0469. The average molecular weight is 416 g/mol. The molecular formula is C23H24N6O2. The Morgan fingerprint density at radius 3 is 2.39 bits per heavy atom. The summed E-state index contributed by atoms with van der Waals surface area (Å²) in [6, 6.07) is 9.19. The van der Waals surface area contributed by atoms with E-state index in [-0.39, 0.29) is 11.8 Å². The Morgan fingerprint density at radius 1 is 0.935 bits per heavy atom. The molecule has 2 aliphatic rings.